The second-order valence-electron chi connectivity index (χ2n) is 8.05. The minimum Gasteiger partial charge on any atom is -0.344 e. The third kappa shape index (κ3) is 4.41. The summed E-state index contributed by atoms with van der Waals surface area (Å²) in [4.78, 5) is 27.7. The number of rotatable bonds is 5. The van der Waals surface area contributed by atoms with Gasteiger partial charge in [0.25, 0.3) is 0 Å². The zero-order valence-electron chi connectivity index (χ0n) is 17.1. The summed E-state index contributed by atoms with van der Waals surface area (Å²) in [6, 6.07) is 18.2. The number of benzene rings is 2. The number of hydrogen-bond donors (Lipinski definition) is 2. The van der Waals surface area contributed by atoms with Gasteiger partial charge >= 0.3 is 0 Å². The fourth-order valence-corrected chi connectivity index (χ4v) is 6.24. The molecule has 0 fully saturated rings. The number of carbonyl (C=O) groups is 2. The maximum atomic E-state index is 13.0. The molecule has 4 nitrogen and oxygen atoms in total. The molecule has 1 aliphatic heterocycles. The van der Waals surface area contributed by atoms with Crippen LogP contribution in [0.25, 0.3) is 0 Å². The van der Waals surface area contributed by atoms with Crippen LogP contribution in [0.4, 0.5) is 5.69 Å². The molecule has 2 amide bonds. The van der Waals surface area contributed by atoms with Crippen LogP contribution in [0.2, 0.25) is 0 Å². The quantitative estimate of drug-likeness (QED) is 0.554. The van der Waals surface area contributed by atoms with Crippen LogP contribution in [0.15, 0.2) is 64.9 Å². The first kappa shape index (κ1) is 20.3. The number of aryl methyl sites for hydroxylation is 2. The highest BCUT2D eigenvalue weighted by Crippen LogP contribution is 2.37. The van der Waals surface area contributed by atoms with Crippen LogP contribution < -0.4 is 10.6 Å². The zero-order chi connectivity index (χ0) is 21.2. The number of nitrogens with one attached hydrogen (secondary N) is 2. The Morgan fingerprint density at radius 2 is 1.90 bits per heavy atom. The van der Waals surface area contributed by atoms with E-state index in [1.165, 1.54) is 35.7 Å². The molecule has 2 atom stereocenters. The van der Waals surface area contributed by atoms with Crippen molar-refractivity contribution in [3.05, 3.63) is 81.5 Å². The Hall–Kier alpha value is -2.57. The monoisotopic (exact) mass is 448 g/mol. The highest BCUT2D eigenvalue weighted by Gasteiger charge is 2.30. The average Bonchev–Trinajstić information content (AvgIpc) is 3.32. The third-order valence-electron chi connectivity index (χ3n) is 5.92. The molecule has 2 aliphatic rings. The van der Waals surface area contributed by atoms with Gasteiger partial charge in [0.2, 0.25) is 11.8 Å². The normalized spacial score (nSPS) is 18.5. The number of para-hydroxylation sites is 1. The van der Waals surface area contributed by atoms with Gasteiger partial charge in [0.15, 0.2) is 0 Å². The molecule has 6 heteroatoms. The lowest BCUT2D eigenvalue weighted by Gasteiger charge is -2.25. The van der Waals surface area contributed by atoms with Gasteiger partial charge in [0.1, 0.15) is 0 Å². The van der Waals surface area contributed by atoms with Crippen molar-refractivity contribution in [2.24, 2.45) is 0 Å². The summed E-state index contributed by atoms with van der Waals surface area (Å²) in [5.41, 5.74) is 4.76. The first-order chi connectivity index (χ1) is 15.2. The van der Waals surface area contributed by atoms with Gasteiger partial charge in [-0.05, 0) is 66.0 Å². The molecule has 0 radical (unpaired) electrons. The first-order valence-electron chi connectivity index (χ1n) is 10.7. The largest absolute Gasteiger partial charge is 0.344 e. The molecule has 5 rings (SSSR count). The molecule has 0 saturated heterocycles. The molecule has 1 aliphatic carbocycles. The van der Waals surface area contributed by atoms with Crippen molar-refractivity contribution in [1.82, 2.24) is 5.32 Å². The third-order valence-corrected chi connectivity index (χ3v) is 8.13. The zero-order valence-corrected chi connectivity index (χ0v) is 18.7. The van der Waals surface area contributed by atoms with Crippen LogP contribution in [0, 0.1) is 0 Å². The number of thioether (sulfide) groups is 1. The maximum absolute atomic E-state index is 13.0. The van der Waals surface area contributed by atoms with Crippen LogP contribution in [0.3, 0.4) is 0 Å². The van der Waals surface area contributed by atoms with Crippen molar-refractivity contribution in [2.45, 2.75) is 48.3 Å². The van der Waals surface area contributed by atoms with Crippen molar-refractivity contribution >= 4 is 40.6 Å². The molecule has 2 N–H and O–H groups in total. The molecule has 2 aromatic carbocycles. The van der Waals surface area contributed by atoms with Crippen LogP contribution in [-0.2, 0) is 22.4 Å². The molecular weight excluding hydrogens is 424 g/mol. The van der Waals surface area contributed by atoms with Gasteiger partial charge in [0.05, 0.1) is 17.0 Å². The van der Waals surface area contributed by atoms with E-state index in [0.717, 1.165) is 33.9 Å². The fourth-order valence-electron chi connectivity index (χ4n) is 4.32. The lowest BCUT2D eigenvalue weighted by molar-refractivity contribution is -0.124. The summed E-state index contributed by atoms with van der Waals surface area (Å²) in [5.74, 6) is -0.219. The Labute approximate surface area is 190 Å². The van der Waals surface area contributed by atoms with Crippen molar-refractivity contribution in [3.63, 3.8) is 0 Å². The van der Waals surface area contributed by atoms with E-state index in [0.29, 0.717) is 0 Å². The number of carbonyl (C=O) groups excluding carboxylic acids is 2. The summed E-state index contributed by atoms with van der Waals surface area (Å²) in [6.07, 6.45) is 4.87. The Morgan fingerprint density at radius 3 is 2.74 bits per heavy atom. The summed E-state index contributed by atoms with van der Waals surface area (Å²) >= 11 is 3.11. The molecule has 2 heterocycles. The predicted molar refractivity (Wildman–Crippen MR) is 127 cm³/mol. The fraction of sp³-hybridized carbons (Fsp3) is 0.280. The van der Waals surface area contributed by atoms with Crippen molar-refractivity contribution in [2.75, 3.05) is 5.32 Å². The minimum absolute atomic E-state index is 0.108. The second-order valence-corrected chi connectivity index (χ2v) is 10.3. The molecule has 0 saturated carbocycles. The van der Waals surface area contributed by atoms with Crippen LogP contribution in [-0.4, -0.2) is 17.1 Å². The van der Waals surface area contributed by atoms with E-state index >= 15 is 0 Å². The van der Waals surface area contributed by atoms with E-state index in [4.69, 9.17) is 0 Å². The summed E-state index contributed by atoms with van der Waals surface area (Å²) in [7, 11) is 0. The second kappa shape index (κ2) is 8.89. The summed E-state index contributed by atoms with van der Waals surface area (Å²) in [6.45, 7) is 0. The van der Waals surface area contributed by atoms with E-state index in [1.54, 1.807) is 11.3 Å². The van der Waals surface area contributed by atoms with Crippen LogP contribution in [0.5, 0.6) is 0 Å². The standard InChI is InChI=1S/C25H24N2O2S2/c28-23(15-22-25(29)26-19-8-3-4-9-20(19)31-22)27-24(21-10-5-13-30-21)18-12-11-16-6-1-2-7-17(16)14-18/h3-5,8-14,22,24H,1-2,6-7,15H2,(H,26,29)(H,27,28)/t22-,24-/m0/s1. The molecule has 31 heavy (non-hydrogen) atoms. The van der Waals surface area contributed by atoms with Gasteiger partial charge in [-0.2, -0.15) is 0 Å². The van der Waals surface area contributed by atoms with E-state index in [2.05, 4.69) is 34.9 Å². The Bertz CT molecular complexity index is 1110. The molecule has 1 aromatic heterocycles. The van der Waals surface area contributed by atoms with Gasteiger partial charge in [0, 0.05) is 16.2 Å². The van der Waals surface area contributed by atoms with Crippen LogP contribution in [0.1, 0.15) is 46.9 Å². The first-order valence-corrected chi connectivity index (χ1v) is 12.4. The van der Waals surface area contributed by atoms with Gasteiger partial charge in [-0.1, -0.05) is 36.4 Å². The van der Waals surface area contributed by atoms with E-state index < -0.39 is 5.25 Å². The smallest absolute Gasteiger partial charge is 0.238 e. The molecule has 158 valence electrons. The van der Waals surface area contributed by atoms with Gasteiger partial charge in [-0.3, -0.25) is 9.59 Å². The molecule has 0 unspecified atom stereocenters. The summed E-state index contributed by atoms with van der Waals surface area (Å²) in [5, 5.41) is 7.74. The molecule has 0 bridgehead atoms. The van der Waals surface area contributed by atoms with E-state index in [-0.39, 0.29) is 24.3 Å². The lowest BCUT2D eigenvalue weighted by atomic mass is 9.89. The van der Waals surface area contributed by atoms with Gasteiger partial charge in [-0.25, -0.2) is 0 Å². The highest BCUT2D eigenvalue weighted by atomic mass is 32.2. The topological polar surface area (TPSA) is 58.2 Å². The minimum atomic E-state index is -0.428. The number of thiophene rings is 1. The van der Waals surface area contributed by atoms with Crippen LogP contribution >= 0.6 is 23.1 Å². The predicted octanol–water partition coefficient (Wildman–Crippen LogP) is 5.34. The summed E-state index contributed by atoms with van der Waals surface area (Å²) < 4.78 is 0. The number of hydrogen-bond acceptors (Lipinski definition) is 4. The van der Waals surface area contributed by atoms with Crippen molar-refractivity contribution < 1.29 is 9.59 Å². The Balaban J connectivity index is 1.34. The van der Waals surface area contributed by atoms with E-state index in [9.17, 15) is 9.59 Å². The number of anilines is 1. The van der Waals surface area contributed by atoms with Crippen molar-refractivity contribution in [1.29, 1.82) is 0 Å². The molecule has 3 aromatic rings. The molecular formula is C25H24N2O2S2. The molecule has 0 spiro atoms. The lowest BCUT2D eigenvalue weighted by Crippen LogP contribution is -2.36. The SMILES string of the molecule is O=C(C[C@@H]1Sc2ccccc2NC1=O)N[C@@H](c1ccc2c(c1)CCCC2)c1cccs1. The van der Waals surface area contributed by atoms with Gasteiger partial charge < -0.3 is 10.6 Å². The van der Waals surface area contributed by atoms with Crippen molar-refractivity contribution in [3.8, 4) is 0 Å². The van der Waals surface area contributed by atoms with Gasteiger partial charge in [-0.15, -0.1) is 23.1 Å². The number of fused-ring (bicyclic) bond motifs is 2. The maximum Gasteiger partial charge on any atom is 0.238 e. The Morgan fingerprint density at radius 1 is 1.06 bits per heavy atom. The average molecular weight is 449 g/mol. The Kier molecular flexibility index (Phi) is 5.83. The van der Waals surface area contributed by atoms with E-state index in [1.807, 2.05) is 35.7 Å². The number of amides is 2. The highest BCUT2D eigenvalue weighted by molar-refractivity contribution is 8.01.